The van der Waals surface area contributed by atoms with Crippen molar-refractivity contribution in [3.63, 3.8) is 0 Å². The van der Waals surface area contributed by atoms with E-state index in [0.29, 0.717) is 13.2 Å². The van der Waals surface area contributed by atoms with Gasteiger partial charge < -0.3 is 9.64 Å². The Kier molecular flexibility index (Phi) is 3.98. The Hall–Kier alpha value is -3.33. The smallest absolute Gasteiger partial charge is 0.177 e. The van der Waals surface area contributed by atoms with Crippen molar-refractivity contribution in [3.8, 4) is 0 Å². The van der Waals surface area contributed by atoms with Crippen LogP contribution in [0.4, 0.5) is 5.82 Å². The molecule has 5 heterocycles. The number of nitrogens with zero attached hydrogens (tertiary/aromatic N) is 8. The van der Waals surface area contributed by atoms with Gasteiger partial charge in [-0.2, -0.15) is 9.61 Å². The van der Waals surface area contributed by atoms with E-state index in [9.17, 15) is 0 Å². The molecule has 0 saturated carbocycles. The van der Waals surface area contributed by atoms with Crippen molar-refractivity contribution >= 4 is 11.5 Å². The third-order valence-electron chi connectivity index (χ3n) is 4.64. The second kappa shape index (κ2) is 6.76. The van der Waals surface area contributed by atoms with Crippen LogP contribution in [-0.2, 0) is 17.9 Å². The summed E-state index contributed by atoms with van der Waals surface area (Å²) in [6.07, 6.45) is 5.22. The van der Waals surface area contributed by atoms with Crippen molar-refractivity contribution in [3.05, 3.63) is 66.5 Å². The van der Waals surface area contributed by atoms with Crippen LogP contribution in [0.15, 0.2) is 55.1 Å². The van der Waals surface area contributed by atoms with Crippen LogP contribution >= 0.6 is 0 Å². The molecule has 0 radical (unpaired) electrons. The topological polar surface area (TPSA) is 86.3 Å². The summed E-state index contributed by atoms with van der Waals surface area (Å²) in [7, 11) is 0. The van der Waals surface area contributed by atoms with E-state index in [1.165, 1.54) is 0 Å². The van der Waals surface area contributed by atoms with E-state index in [1.807, 2.05) is 47.3 Å². The summed E-state index contributed by atoms with van der Waals surface area (Å²) in [5.41, 5.74) is 2.79. The molecule has 0 N–H and O–H groups in total. The van der Waals surface area contributed by atoms with Crippen molar-refractivity contribution in [1.29, 1.82) is 0 Å². The minimum atomic E-state index is 0.103. The molecule has 4 aromatic heterocycles. The zero-order valence-corrected chi connectivity index (χ0v) is 14.6. The number of hydrogen-bond donors (Lipinski definition) is 0. The molecule has 0 bridgehead atoms. The summed E-state index contributed by atoms with van der Waals surface area (Å²) in [4.78, 5) is 6.53. The van der Waals surface area contributed by atoms with E-state index in [1.54, 1.807) is 17.0 Å². The van der Waals surface area contributed by atoms with E-state index < -0.39 is 0 Å². The minimum Gasteiger partial charge on any atom is -0.373 e. The maximum atomic E-state index is 5.93. The highest BCUT2D eigenvalue weighted by Gasteiger charge is 2.27. The van der Waals surface area contributed by atoms with Gasteiger partial charge in [0.05, 0.1) is 37.2 Å². The Bertz CT molecular complexity index is 1040. The molecule has 1 unspecified atom stereocenters. The zero-order valence-electron chi connectivity index (χ0n) is 14.6. The van der Waals surface area contributed by atoms with Gasteiger partial charge in [-0.1, -0.05) is 6.07 Å². The highest BCUT2D eigenvalue weighted by molar-refractivity contribution is 5.46. The third-order valence-corrected chi connectivity index (χ3v) is 4.64. The molecule has 1 atom stereocenters. The van der Waals surface area contributed by atoms with Gasteiger partial charge in [-0.3, -0.25) is 9.67 Å². The lowest BCUT2D eigenvalue weighted by Gasteiger charge is -2.34. The highest BCUT2D eigenvalue weighted by Crippen LogP contribution is 2.25. The van der Waals surface area contributed by atoms with E-state index in [2.05, 4.69) is 30.3 Å². The minimum absolute atomic E-state index is 0.103. The lowest BCUT2D eigenvalue weighted by molar-refractivity contribution is 0.0819. The largest absolute Gasteiger partial charge is 0.373 e. The first-order valence-corrected chi connectivity index (χ1v) is 8.79. The summed E-state index contributed by atoms with van der Waals surface area (Å²) in [6, 6.07) is 11.9. The van der Waals surface area contributed by atoms with E-state index in [0.717, 1.165) is 35.9 Å². The van der Waals surface area contributed by atoms with Crippen LogP contribution < -0.4 is 4.90 Å². The van der Waals surface area contributed by atoms with Crippen LogP contribution in [0.3, 0.4) is 0 Å². The molecule has 0 amide bonds. The number of pyridine rings is 1. The second-order valence-electron chi connectivity index (χ2n) is 6.46. The molecule has 4 aromatic rings. The molecule has 0 saturated heterocycles. The predicted molar refractivity (Wildman–Crippen MR) is 97.0 cm³/mol. The molecular formula is C18H18N8O. The number of aromatic nitrogens is 7. The SMILES string of the molecule is c1ccc(COCC2CN(c3ccc4nncn4n3)Cc3ccnn32)nc1. The van der Waals surface area contributed by atoms with E-state index in [4.69, 9.17) is 4.74 Å². The fourth-order valence-electron chi connectivity index (χ4n) is 3.36. The van der Waals surface area contributed by atoms with Crippen molar-refractivity contribution < 1.29 is 4.74 Å². The van der Waals surface area contributed by atoms with Crippen molar-refractivity contribution in [2.45, 2.75) is 19.2 Å². The molecule has 0 fully saturated rings. The van der Waals surface area contributed by atoms with Gasteiger partial charge in [0.1, 0.15) is 12.1 Å². The molecule has 0 spiro atoms. The first kappa shape index (κ1) is 15.9. The molecule has 9 heteroatoms. The summed E-state index contributed by atoms with van der Waals surface area (Å²) in [5, 5.41) is 17.0. The van der Waals surface area contributed by atoms with E-state index >= 15 is 0 Å². The Morgan fingerprint density at radius 1 is 1.11 bits per heavy atom. The molecule has 1 aliphatic heterocycles. The average Bonchev–Trinajstić information content (AvgIpc) is 3.37. The number of rotatable bonds is 5. The average molecular weight is 362 g/mol. The quantitative estimate of drug-likeness (QED) is 0.532. The summed E-state index contributed by atoms with van der Waals surface area (Å²) in [6.45, 7) is 2.55. The van der Waals surface area contributed by atoms with Crippen molar-refractivity contribution in [2.24, 2.45) is 0 Å². The fourth-order valence-corrected chi connectivity index (χ4v) is 3.36. The third kappa shape index (κ3) is 3.13. The molecular weight excluding hydrogens is 344 g/mol. The van der Waals surface area contributed by atoms with Gasteiger partial charge in [-0.15, -0.1) is 15.3 Å². The second-order valence-corrected chi connectivity index (χ2v) is 6.46. The first-order chi connectivity index (χ1) is 13.4. The lowest BCUT2D eigenvalue weighted by Crippen LogP contribution is -2.40. The molecule has 27 heavy (non-hydrogen) atoms. The van der Waals surface area contributed by atoms with Gasteiger partial charge in [-0.25, -0.2) is 0 Å². The van der Waals surface area contributed by atoms with Gasteiger partial charge in [0.25, 0.3) is 0 Å². The number of ether oxygens (including phenoxy) is 1. The first-order valence-electron chi connectivity index (χ1n) is 8.79. The van der Waals surface area contributed by atoms with Gasteiger partial charge >= 0.3 is 0 Å². The van der Waals surface area contributed by atoms with Gasteiger partial charge in [0.2, 0.25) is 0 Å². The molecule has 9 nitrogen and oxygen atoms in total. The summed E-state index contributed by atoms with van der Waals surface area (Å²) < 4.78 is 9.67. The zero-order chi connectivity index (χ0) is 18.1. The normalized spacial score (nSPS) is 16.6. The number of hydrogen-bond acceptors (Lipinski definition) is 7. The van der Waals surface area contributed by atoms with Crippen LogP contribution in [0, 0.1) is 0 Å². The highest BCUT2D eigenvalue weighted by atomic mass is 16.5. The molecule has 1 aliphatic rings. The predicted octanol–water partition coefficient (Wildman–Crippen LogP) is 1.49. The molecule has 0 aromatic carbocycles. The Balaban J connectivity index is 1.34. The van der Waals surface area contributed by atoms with E-state index in [-0.39, 0.29) is 6.04 Å². The van der Waals surface area contributed by atoms with Crippen LogP contribution in [0.5, 0.6) is 0 Å². The van der Waals surface area contributed by atoms with Crippen LogP contribution in [0.1, 0.15) is 17.4 Å². The van der Waals surface area contributed by atoms with Crippen molar-refractivity contribution in [2.75, 3.05) is 18.1 Å². The Labute approximate surface area is 155 Å². The standard InChI is InChI=1S/C18H18N8O/c1-2-7-19-14(3-1)11-27-12-16-10-24(9-15-6-8-21-26(15)16)18-5-4-17-22-20-13-25(17)23-18/h1-8,13,16H,9-12H2. The van der Waals surface area contributed by atoms with Crippen molar-refractivity contribution in [1.82, 2.24) is 34.6 Å². The Morgan fingerprint density at radius 3 is 3.04 bits per heavy atom. The Morgan fingerprint density at radius 2 is 2.11 bits per heavy atom. The molecule has 5 rings (SSSR count). The molecule has 0 aliphatic carbocycles. The maximum absolute atomic E-state index is 5.93. The van der Waals surface area contributed by atoms with Crippen LogP contribution in [0.2, 0.25) is 0 Å². The fraction of sp³-hybridized carbons (Fsp3) is 0.278. The summed E-state index contributed by atoms with van der Waals surface area (Å²) in [5.74, 6) is 0.879. The lowest BCUT2D eigenvalue weighted by atomic mass is 10.2. The van der Waals surface area contributed by atoms with Gasteiger partial charge in [0.15, 0.2) is 5.65 Å². The molecule has 136 valence electrons. The van der Waals surface area contributed by atoms with Crippen LogP contribution in [0.25, 0.3) is 5.65 Å². The monoisotopic (exact) mass is 362 g/mol. The van der Waals surface area contributed by atoms with Gasteiger partial charge in [-0.05, 0) is 30.3 Å². The van der Waals surface area contributed by atoms with Crippen LogP contribution in [-0.4, -0.2) is 47.7 Å². The summed E-state index contributed by atoms with van der Waals surface area (Å²) >= 11 is 0. The number of fused-ring (bicyclic) bond motifs is 2. The van der Waals surface area contributed by atoms with Gasteiger partial charge in [0, 0.05) is 18.9 Å². The number of anilines is 1. The maximum Gasteiger partial charge on any atom is 0.177 e.